The number of hydrogen-bond acceptors (Lipinski definition) is 4. The Labute approximate surface area is 244 Å². The molecular formula is C34H57NO5. The van der Waals surface area contributed by atoms with Crippen LogP contribution in [0.5, 0.6) is 0 Å². The summed E-state index contributed by atoms with van der Waals surface area (Å²) in [4.78, 5) is 34.5. The van der Waals surface area contributed by atoms with Gasteiger partial charge in [-0.2, -0.15) is 0 Å². The van der Waals surface area contributed by atoms with Crippen LogP contribution in [0.25, 0.3) is 0 Å². The molecule has 0 saturated heterocycles. The fourth-order valence-electron chi connectivity index (χ4n) is 4.13. The fourth-order valence-corrected chi connectivity index (χ4v) is 4.13. The summed E-state index contributed by atoms with van der Waals surface area (Å²) < 4.78 is 5.79. The lowest BCUT2D eigenvalue weighted by Crippen LogP contribution is -2.28. The van der Waals surface area contributed by atoms with Crippen LogP contribution in [0.3, 0.4) is 0 Å². The minimum atomic E-state index is -1.03. The summed E-state index contributed by atoms with van der Waals surface area (Å²) >= 11 is 0. The molecule has 0 aromatic carbocycles. The molecule has 0 rings (SSSR count). The average molecular weight is 560 g/mol. The molecule has 0 fully saturated rings. The van der Waals surface area contributed by atoms with Gasteiger partial charge in [-0.05, 0) is 70.3 Å². The molecule has 0 saturated carbocycles. The zero-order chi connectivity index (χ0) is 29.5. The number of unbranched alkanes of at least 4 members (excludes halogenated alkanes) is 10. The molecule has 0 spiro atoms. The number of rotatable bonds is 27. The summed E-state index contributed by atoms with van der Waals surface area (Å²) in [7, 11) is 0. The molecule has 0 aromatic heterocycles. The number of esters is 1. The Balaban J connectivity index is 4.02. The lowest BCUT2D eigenvalue weighted by molar-refractivity contribution is -0.147. The van der Waals surface area contributed by atoms with E-state index in [1.165, 1.54) is 12.8 Å². The van der Waals surface area contributed by atoms with Crippen LogP contribution in [0.15, 0.2) is 48.6 Å². The fraction of sp³-hybridized carbons (Fsp3) is 0.676. The zero-order valence-electron chi connectivity index (χ0n) is 25.4. The third-order valence-corrected chi connectivity index (χ3v) is 6.47. The van der Waals surface area contributed by atoms with Crippen molar-refractivity contribution in [3.05, 3.63) is 48.6 Å². The lowest BCUT2D eigenvalue weighted by atomic mass is 10.1. The molecule has 0 aliphatic heterocycles. The van der Waals surface area contributed by atoms with E-state index in [0.29, 0.717) is 12.8 Å². The number of aliphatic carboxylic acids is 1. The van der Waals surface area contributed by atoms with E-state index < -0.39 is 5.97 Å². The highest BCUT2D eigenvalue weighted by Crippen LogP contribution is 2.14. The normalized spacial score (nSPS) is 12.7. The molecule has 40 heavy (non-hydrogen) atoms. The first kappa shape index (κ1) is 37.4. The van der Waals surface area contributed by atoms with Crippen LogP contribution in [0.2, 0.25) is 0 Å². The molecule has 0 aromatic rings. The van der Waals surface area contributed by atoms with E-state index in [1.807, 2.05) is 6.08 Å². The monoisotopic (exact) mass is 559 g/mol. The van der Waals surface area contributed by atoms with Gasteiger partial charge in [0.2, 0.25) is 5.91 Å². The second-order valence-corrected chi connectivity index (χ2v) is 10.3. The van der Waals surface area contributed by atoms with Gasteiger partial charge in [-0.15, -0.1) is 0 Å². The number of allylic oxidation sites excluding steroid dienone is 7. The Kier molecular flexibility index (Phi) is 27.4. The number of carbonyl (C=O) groups is 3. The predicted octanol–water partition coefficient (Wildman–Crippen LogP) is 8.78. The van der Waals surface area contributed by atoms with Crippen molar-refractivity contribution < 1.29 is 24.2 Å². The Morgan fingerprint density at radius 2 is 1.30 bits per heavy atom. The molecule has 1 atom stereocenters. The summed E-state index contributed by atoms with van der Waals surface area (Å²) in [6.45, 7) is 3.98. The van der Waals surface area contributed by atoms with Crippen molar-refractivity contribution in [3.8, 4) is 0 Å². The summed E-state index contributed by atoms with van der Waals surface area (Å²) in [5.74, 6) is -1.36. The smallest absolute Gasteiger partial charge is 0.322 e. The molecule has 228 valence electrons. The first-order chi connectivity index (χ1) is 19.5. The van der Waals surface area contributed by atoms with Gasteiger partial charge in [-0.25, -0.2) is 0 Å². The van der Waals surface area contributed by atoms with Gasteiger partial charge in [-0.3, -0.25) is 14.4 Å². The maximum atomic E-state index is 12.4. The largest absolute Gasteiger partial charge is 0.480 e. The lowest BCUT2D eigenvalue weighted by Gasteiger charge is -2.15. The molecule has 0 aliphatic carbocycles. The van der Waals surface area contributed by atoms with Crippen molar-refractivity contribution in [2.75, 3.05) is 6.54 Å². The minimum Gasteiger partial charge on any atom is -0.480 e. The first-order valence-corrected chi connectivity index (χ1v) is 15.8. The molecule has 0 radical (unpaired) electrons. The summed E-state index contributed by atoms with van der Waals surface area (Å²) in [5.41, 5.74) is 0. The summed E-state index contributed by atoms with van der Waals surface area (Å²) in [6.07, 6.45) is 35.4. The average Bonchev–Trinajstić information content (AvgIpc) is 2.93. The van der Waals surface area contributed by atoms with E-state index in [9.17, 15) is 14.4 Å². The molecule has 1 amide bonds. The molecule has 6 nitrogen and oxygen atoms in total. The van der Waals surface area contributed by atoms with Crippen LogP contribution in [0.1, 0.15) is 136 Å². The minimum absolute atomic E-state index is 0.110. The summed E-state index contributed by atoms with van der Waals surface area (Å²) in [5, 5.41) is 11.0. The van der Waals surface area contributed by atoms with Crippen LogP contribution < -0.4 is 5.32 Å². The van der Waals surface area contributed by atoms with E-state index in [4.69, 9.17) is 9.84 Å². The van der Waals surface area contributed by atoms with Gasteiger partial charge in [0.05, 0.1) is 0 Å². The van der Waals surface area contributed by atoms with E-state index in [0.717, 1.165) is 96.3 Å². The van der Waals surface area contributed by atoms with Gasteiger partial charge in [0.25, 0.3) is 0 Å². The van der Waals surface area contributed by atoms with E-state index in [2.05, 4.69) is 61.7 Å². The molecule has 0 heterocycles. The summed E-state index contributed by atoms with van der Waals surface area (Å²) in [6, 6.07) is 0. The second-order valence-electron chi connectivity index (χ2n) is 10.3. The van der Waals surface area contributed by atoms with Crippen molar-refractivity contribution in [1.82, 2.24) is 5.32 Å². The number of carbonyl (C=O) groups excluding carboxylic acids is 2. The molecule has 0 aliphatic rings. The van der Waals surface area contributed by atoms with Crippen LogP contribution in [-0.2, 0) is 19.1 Å². The standard InChI is InChI=1S/C34H57NO5/c1-3-5-7-9-10-11-12-13-14-15-16-17-18-19-25-29-34(39)40-31(26-22-8-6-4-2)27-23-20-21-24-28-32(36)35-30-33(37)38/h5,7,10-11,13-14,22,26,31H,3-4,6,8-9,12,15-21,23-25,27-30H2,1-2H3,(H,35,36)(H,37,38)/b7-5-,11-10-,14-13-,26-22-. The van der Waals surface area contributed by atoms with Crippen LogP contribution in [0, 0.1) is 0 Å². The Bertz CT molecular complexity index is 753. The second kappa shape index (κ2) is 29.4. The third kappa shape index (κ3) is 28.4. The van der Waals surface area contributed by atoms with E-state index >= 15 is 0 Å². The van der Waals surface area contributed by atoms with Crippen LogP contribution in [0.4, 0.5) is 0 Å². The zero-order valence-corrected chi connectivity index (χ0v) is 25.4. The van der Waals surface area contributed by atoms with Crippen molar-refractivity contribution in [3.63, 3.8) is 0 Å². The predicted molar refractivity (Wildman–Crippen MR) is 166 cm³/mol. The number of ether oxygens (including phenoxy) is 1. The van der Waals surface area contributed by atoms with Gasteiger partial charge < -0.3 is 15.2 Å². The van der Waals surface area contributed by atoms with Gasteiger partial charge in [0.1, 0.15) is 12.6 Å². The third-order valence-electron chi connectivity index (χ3n) is 6.47. The Morgan fingerprint density at radius 1 is 0.700 bits per heavy atom. The van der Waals surface area contributed by atoms with Gasteiger partial charge in [0, 0.05) is 12.8 Å². The SMILES string of the molecule is CC/C=C\C/C=C\C/C=C\CCCCCCCC(=O)OC(/C=C\CCCC)CCCCCCC(=O)NCC(=O)O. The molecule has 6 heteroatoms. The van der Waals surface area contributed by atoms with Crippen LogP contribution >= 0.6 is 0 Å². The number of amides is 1. The highest BCUT2D eigenvalue weighted by molar-refractivity contribution is 5.80. The number of carboxylic acid groups (broad SMARTS) is 1. The van der Waals surface area contributed by atoms with E-state index in [1.54, 1.807) is 0 Å². The van der Waals surface area contributed by atoms with Gasteiger partial charge in [0.15, 0.2) is 0 Å². The number of carboxylic acids is 1. The molecule has 2 N–H and O–H groups in total. The van der Waals surface area contributed by atoms with E-state index in [-0.39, 0.29) is 24.5 Å². The molecule has 0 bridgehead atoms. The maximum Gasteiger partial charge on any atom is 0.322 e. The number of nitrogens with one attached hydrogen (secondary N) is 1. The highest BCUT2D eigenvalue weighted by atomic mass is 16.5. The Morgan fingerprint density at radius 3 is 2.00 bits per heavy atom. The number of hydrogen-bond donors (Lipinski definition) is 2. The van der Waals surface area contributed by atoms with Gasteiger partial charge >= 0.3 is 11.9 Å². The van der Waals surface area contributed by atoms with Crippen molar-refractivity contribution in [2.45, 2.75) is 142 Å². The first-order valence-electron chi connectivity index (χ1n) is 15.8. The van der Waals surface area contributed by atoms with Crippen molar-refractivity contribution in [2.24, 2.45) is 0 Å². The maximum absolute atomic E-state index is 12.4. The van der Waals surface area contributed by atoms with Gasteiger partial charge in [-0.1, -0.05) is 101 Å². The molecule has 1 unspecified atom stereocenters. The topological polar surface area (TPSA) is 92.7 Å². The van der Waals surface area contributed by atoms with Crippen molar-refractivity contribution >= 4 is 17.8 Å². The quantitative estimate of drug-likeness (QED) is 0.0596. The van der Waals surface area contributed by atoms with Crippen molar-refractivity contribution in [1.29, 1.82) is 0 Å². The van der Waals surface area contributed by atoms with Crippen LogP contribution in [-0.4, -0.2) is 35.6 Å². The highest BCUT2D eigenvalue weighted by Gasteiger charge is 2.11. The Hall–Kier alpha value is -2.63. The molecular weight excluding hydrogens is 502 g/mol.